The van der Waals surface area contributed by atoms with Gasteiger partial charge in [-0.2, -0.15) is 12.6 Å². The molecule has 0 radical (unpaired) electrons. The van der Waals surface area contributed by atoms with Crippen molar-refractivity contribution in [2.45, 2.75) is 25.3 Å². The molecular weight excluding hydrogens is 206 g/mol. The number of aryl methyl sites for hydroxylation is 1. The van der Waals surface area contributed by atoms with Crippen molar-refractivity contribution < 1.29 is 4.74 Å². The number of hydrogen-bond donors (Lipinski definition) is 1. The average Bonchev–Trinajstić information content (AvgIpc) is 2.12. The molecule has 0 aromatic heterocycles. The Morgan fingerprint density at radius 1 is 1.40 bits per heavy atom. The zero-order valence-electron chi connectivity index (χ0n) is 9.18. The lowest BCUT2D eigenvalue weighted by Gasteiger charge is -2.41. The summed E-state index contributed by atoms with van der Waals surface area (Å²) >= 11 is 4.38. The van der Waals surface area contributed by atoms with Crippen LogP contribution in [0.3, 0.4) is 0 Å². The van der Waals surface area contributed by atoms with E-state index in [1.807, 2.05) is 18.2 Å². The van der Waals surface area contributed by atoms with Crippen molar-refractivity contribution in [3.8, 4) is 5.75 Å². The van der Waals surface area contributed by atoms with Crippen LogP contribution in [0.5, 0.6) is 5.75 Å². The predicted octanol–water partition coefficient (Wildman–Crippen LogP) is 2.33. The smallest absolute Gasteiger partial charge is 0.124 e. The lowest BCUT2D eigenvalue weighted by molar-refractivity contribution is 0.0160. The molecule has 0 aliphatic carbocycles. The molecule has 1 heterocycles. The quantitative estimate of drug-likeness (QED) is 0.790. The molecule has 0 bridgehead atoms. The highest BCUT2D eigenvalue weighted by atomic mass is 32.1. The van der Waals surface area contributed by atoms with Gasteiger partial charge in [-0.15, -0.1) is 0 Å². The molecule has 1 aliphatic rings. The number of likely N-dealkylation sites (tertiary alicyclic amines) is 1. The summed E-state index contributed by atoms with van der Waals surface area (Å²) in [7, 11) is 0. The Kier molecular flexibility index (Phi) is 3.22. The predicted molar refractivity (Wildman–Crippen MR) is 65.6 cm³/mol. The van der Waals surface area contributed by atoms with E-state index in [-0.39, 0.29) is 0 Å². The van der Waals surface area contributed by atoms with Gasteiger partial charge in [0, 0.05) is 13.1 Å². The Balaban J connectivity index is 1.88. The first-order valence-corrected chi connectivity index (χ1v) is 5.83. The molecule has 15 heavy (non-hydrogen) atoms. The van der Waals surface area contributed by atoms with Crippen LogP contribution < -0.4 is 4.74 Å². The summed E-state index contributed by atoms with van der Waals surface area (Å²) in [6, 6.07) is 8.15. The number of hydrogen-bond acceptors (Lipinski definition) is 3. The van der Waals surface area contributed by atoms with Gasteiger partial charge in [0.25, 0.3) is 0 Å². The standard InChI is InChI=1S/C12H17NOS/c1-9-5-3-4-6-12(9)14-11-7-13(8-11)10(2)15/h3-6,10-11,15H,7-8H2,1-2H3. The van der Waals surface area contributed by atoms with Crippen molar-refractivity contribution in [2.24, 2.45) is 0 Å². The topological polar surface area (TPSA) is 12.5 Å². The van der Waals surface area contributed by atoms with E-state index in [4.69, 9.17) is 4.74 Å². The van der Waals surface area contributed by atoms with E-state index in [0.29, 0.717) is 11.5 Å². The van der Waals surface area contributed by atoms with Gasteiger partial charge in [0.2, 0.25) is 0 Å². The van der Waals surface area contributed by atoms with Crippen LogP contribution in [0.25, 0.3) is 0 Å². The number of nitrogens with zero attached hydrogens (tertiary/aromatic N) is 1. The second-order valence-corrected chi connectivity index (χ2v) is 4.84. The summed E-state index contributed by atoms with van der Waals surface area (Å²) in [5.74, 6) is 1.01. The van der Waals surface area contributed by atoms with Crippen molar-refractivity contribution in [1.29, 1.82) is 0 Å². The molecule has 1 unspecified atom stereocenters. The lowest BCUT2D eigenvalue weighted by Crippen LogP contribution is -2.55. The Hall–Kier alpha value is -0.670. The monoisotopic (exact) mass is 223 g/mol. The Labute approximate surface area is 96.6 Å². The molecule has 1 fully saturated rings. The molecule has 82 valence electrons. The Bertz CT molecular complexity index is 334. The molecule has 1 saturated heterocycles. The van der Waals surface area contributed by atoms with E-state index in [1.54, 1.807) is 0 Å². The fourth-order valence-corrected chi connectivity index (χ4v) is 1.91. The van der Waals surface area contributed by atoms with E-state index in [1.165, 1.54) is 5.56 Å². The summed E-state index contributed by atoms with van der Waals surface area (Å²) < 4.78 is 5.89. The van der Waals surface area contributed by atoms with Crippen LogP contribution in [-0.4, -0.2) is 29.5 Å². The van der Waals surface area contributed by atoms with Crippen LogP contribution in [0.2, 0.25) is 0 Å². The van der Waals surface area contributed by atoms with Crippen LogP contribution in [0.1, 0.15) is 12.5 Å². The van der Waals surface area contributed by atoms with Crippen molar-refractivity contribution >= 4 is 12.6 Å². The van der Waals surface area contributed by atoms with Gasteiger partial charge in [-0.1, -0.05) is 18.2 Å². The first-order valence-electron chi connectivity index (χ1n) is 5.31. The fraction of sp³-hybridized carbons (Fsp3) is 0.500. The van der Waals surface area contributed by atoms with E-state index in [9.17, 15) is 0 Å². The highest BCUT2D eigenvalue weighted by Gasteiger charge is 2.30. The number of benzene rings is 1. The van der Waals surface area contributed by atoms with E-state index in [2.05, 4.69) is 37.4 Å². The minimum Gasteiger partial charge on any atom is -0.487 e. The highest BCUT2D eigenvalue weighted by Crippen LogP contribution is 2.23. The summed E-state index contributed by atoms with van der Waals surface area (Å²) in [5.41, 5.74) is 1.20. The maximum absolute atomic E-state index is 5.89. The van der Waals surface area contributed by atoms with Crippen molar-refractivity contribution in [3.05, 3.63) is 29.8 Å². The number of ether oxygens (including phenoxy) is 1. The third-order valence-corrected chi connectivity index (χ3v) is 3.12. The fourth-order valence-electron chi connectivity index (χ4n) is 1.72. The van der Waals surface area contributed by atoms with Gasteiger partial charge in [0.1, 0.15) is 11.9 Å². The molecule has 1 atom stereocenters. The maximum atomic E-state index is 5.89. The molecule has 1 aliphatic heterocycles. The van der Waals surface area contributed by atoms with Crippen molar-refractivity contribution in [1.82, 2.24) is 4.90 Å². The summed E-state index contributed by atoms with van der Waals surface area (Å²) in [5, 5.41) is 0.335. The molecule has 2 rings (SSSR count). The number of para-hydroxylation sites is 1. The largest absolute Gasteiger partial charge is 0.487 e. The average molecular weight is 223 g/mol. The Morgan fingerprint density at radius 3 is 2.67 bits per heavy atom. The molecule has 0 spiro atoms. The first-order chi connectivity index (χ1) is 7.16. The van der Waals surface area contributed by atoms with Gasteiger partial charge in [-0.05, 0) is 25.5 Å². The third-order valence-electron chi connectivity index (χ3n) is 2.79. The molecule has 3 heteroatoms. The highest BCUT2D eigenvalue weighted by molar-refractivity contribution is 7.80. The third kappa shape index (κ3) is 2.47. The zero-order valence-corrected chi connectivity index (χ0v) is 10.1. The van der Waals surface area contributed by atoms with Crippen molar-refractivity contribution in [3.63, 3.8) is 0 Å². The molecule has 0 amide bonds. The van der Waals surface area contributed by atoms with Gasteiger partial charge < -0.3 is 4.74 Å². The second kappa shape index (κ2) is 4.45. The molecular formula is C12H17NOS. The van der Waals surface area contributed by atoms with E-state index < -0.39 is 0 Å². The molecule has 2 nitrogen and oxygen atoms in total. The van der Waals surface area contributed by atoms with Crippen LogP contribution in [-0.2, 0) is 0 Å². The Morgan fingerprint density at radius 2 is 2.07 bits per heavy atom. The van der Waals surface area contributed by atoms with Gasteiger partial charge in [0.15, 0.2) is 0 Å². The summed E-state index contributed by atoms with van der Waals surface area (Å²) in [4.78, 5) is 2.28. The molecule has 0 N–H and O–H groups in total. The molecule has 1 aromatic carbocycles. The van der Waals surface area contributed by atoms with Gasteiger partial charge in [0.05, 0.1) is 5.37 Å². The van der Waals surface area contributed by atoms with Crippen LogP contribution in [0, 0.1) is 6.92 Å². The normalized spacial score (nSPS) is 19.7. The molecule has 0 saturated carbocycles. The van der Waals surface area contributed by atoms with Gasteiger partial charge in [-0.25, -0.2) is 0 Å². The van der Waals surface area contributed by atoms with E-state index >= 15 is 0 Å². The van der Waals surface area contributed by atoms with Crippen LogP contribution in [0.15, 0.2) is 24.3 Å². The van der Waals surface area contributed by atoms with E-state index in [0.717, 1.165) is 18.8 Å². The number of thiol groups is 1. The SMILES string of the molecule is Cc1ccccc1OC1CN(C(C)S)C1. The summed E-state index contributed by atoms with van der Waals surface area (Å²) in [6.45, 7) is 6.14. The van der Waals surface area contributed by atoms with Crippen LogP contribution >= 0.6 is 12.6 Å². The second-order valence-electron chi connectivity index (χ2n) is 4.09. The van der Waals surface area contributed by atoms with Crippen LogP contribution in [0.4, 0.5) is 0 Å². The minimum atomic E-state index is 0.334. The molecule has 1 aromatic rings. The van der Waals surface area contributed by atoms with Gasteiger partial charge >= 0.3 is 0 Å². The number of rotatable bonds is 3. The van der Waals surface area contributed by atoms with Gasteiger partial charge in [-0.3, -0.25) is 4.90 Å². The lowest BCUT2D eigenvalue weighted by atomic mass is 10.1. The zero-order chi connectivity index (χ0) is 10.8. The minimum absolute atomic E-state index is 0.334. The maximum Gasteiger partial charge on any atom is 0.124 e. The summed E-state index contributed by atoms with van der Waals surface area (Å²) in [6.07, 6.45) is 0.334. The first kappa shape index (κ1) is 10.8. The van der Waals surface area contributed by atoms with Crippen molar-refractivity contribution in [2.75, 3.05) is 13.1 Å².